The van der Waals surface area contributed by atoms with E-state index >= 15 is 0 Å². The van der Waals surface area contributed by atoms with E-state index in [-0.39, 0.29) is 0 Å². The van der Waals surface area contributed by atoms with Crippen LogP contribution in [0, 0.1) is 5.92 Å². The van der Waals surface area contributed by atoms with Crippen molar-refractivity contribution < 1.29 is 4.74 Å². The Balaban J connectivity index is 1.80. The van der Waals surface area contributed by atoms with Crippen molar-refractivity contribution in [1.29, 1.82) is 0 Å². The molecule has 2 heterocycles. The predicted molar refractivity (Wildman–Crippen MR) is 76.4 cm³/mol. The average Bonchev–Trinajstić information content (AvgIpc) is 2.44. The number of anilines is 1. The molecule has 5 heteroatoms. The molecule has 1 aromatic heterocycles. The van der Waals surface area contributed by atoms with Gasteiger partial charge < -0.3 is 10.1 Å². The van der Waals surface area contributed by atoms with Gasteiger partial charge in [0.15, 0.2) is 0 Å². The fraction of sp³-hybridized carbons (Fsp3) is 0.692. The van der Waals surface area contributed by atoms with Crippen LogP contribution in [0.5, 0.6) is 5.88 Å². The second-order valence-corrected chi connectivity index (χ2v) is 5.75. The fourth-order valence-electron chi connectivity index (χ4n) is 1.92. The second kappa shape index (κ2) is 7.46. The summed E-state index contributed by atoms with van der Waals surface area (Å²) < 4.78 is 5.49. The molecular weight excluding hydrogens is 246 g/mol. The van der Waals surface area contributed by atoms with Crippen LogP contribution < -0.4 is 10.1 Å². The van der Waals surface area contributed by atoms with Gasteiger partial charge in [-0.2, -0.15) is 11.8 Å². The lowest BCUT2D eigenvalue weighted by atomic mass is 10.0. The quantitative estimate of drug-likeness (QED) is 0.858. The Hall–Kier alpha value is -0.970. The van der Waals surface area contributed by atoms with Gasteiger partial charge in [-0.3, -0.25) is 0 Å². The monoisotopic (exact) mass is 267 g/mol. The molecule has 0 atom stereocenters. The molecule has 0 amide bonds. The molecule has 1 aliphatic rings. The zero-order valence-corrected chi connectivity index (χ0v) is 11.7. The Kier molecular flexibility index (Phi) is 5.58. The normalized spacial score (nSPS) is 16.5. The number of ether oxygens (including phenoxy) is 1. The molecule has 0 radical (unpaired) electrons. The molecule has 2 rings (SSSR count). The fourth-order valence-corrected chi connectivity index (χ4v) is 3.13. The van der Waals surface area contributed by atoms with E-state index in [0.29, 0.717) is 12.5 Å². The predicted octanol–water partition coefficient (Wildman–Crippen LogP) is 2.82. The minimum Gasteiger partial charge on any atom is -0.478 e. The number of rotatable bonds is 6. The van der Waals surface area contributed by atoms with E-state index in [1.54, 1.807) is 6.33 Å². The van der Waals surface area contributed by atoms with Gasteiger partial charge in [0.05, 0.1) is 6.61 Å². The number of aromatic nitrogens is 2. The van der Waals surface area contributed by atoms with Gasteiger partial charge in [0.25, 0.3) is 0 Å². The van der Waals surface area contributed by atoms with Crippen LogP contribution in [-0.4, -0.2) is 34.6 Å². The molecule has 0 saturated carbocycles. The maximum atomic E-state index is 5.49. The van der Waals surface area contributed by atoms with Gasteiger partial charge >= 0.3 is 0 Å². The first kappa shape index (κ1) is 13.5. The van der Waals surface area contributed by atoms with Crippen molar-refractivity contribution >= 4 is 17.6 Å². The van der Waals surface area contributed by atoms with E-state index in [0.717, 1.165) is 24.7 Å². The summed E-state index contributed by atoms with van der Waals surface area (Å²) in [7, 11) is 0. The van der Waals surface area contributed by atoms with Crippen LogP contribution in [0.1, 0.15) is 26.2 Å². The van der Waals surface area contributed by atoms with Gasteiger partial charge in [-0.1, -0.05) is 6.92 Å². The van der Waals surface area contributed by atoms with Crippen molar-refractivity contribution in [2.24, 2.45) is 5.92 Å². The number of nitrogens with one attached hydrogen (secondary N) is 1. The number of hydrogen-bond donors (Lipinski definition) is 1. The van der Waals surface area contributed by atoms with Gasteiger partial charge in [0, 0.05) is 12.6 Å². The zero-order valence-electron chi connectivity index (χ0n) is 10.9. The maximum absolute atomic E-state index is 5.49. The molecule has 0 spiro atoms. The summed E-state index contributed by atoms with van der Waals surface area (Å²) in [4.78, 5) is 8.32. The molecule has 1 aromatic rings. The van der Waals surface area contributed by atoms with Crippen LogP contribution in [-0.2, 0) is 0 Å². The van der Waals surface area contributed by atoms with E-state index in [4.69, 9.17) is 4.74 Å². The first-order valence-electron chi connectivity index (χ1n) is 6.65. The second-order valence-electron chi connectivity index (χ2n) is 4.53. The molecular formula is C13H21N3OS. The van der Waals surface area contributed by atoms with Crippen LogP contribution in [0.15, 0.2) is 12.4 Å². The smallest absolute Gasteiger partial charge is 0.218 e. The number of hydrogen-bond acceptors (Lipinski definition) is 5. The standard InChI is InChI=1S/C13H21N3OS/c1-2-5-17-13-8-12(15-10-16-13)14-9-11-3-6-18-7-4-11/h8,10-11H,2-7,9H2,1H3,(H,14,15,16). The van der Waals surface area contributed by atoms with Crippen LogP contribution in [0.3, 0.4) is 0 Å². The Morgan fingerprint density at radius 3 is 3.00 bits per heavy atom. The Morgan fingerprint density at radius 2 is 2.22 bits per heavy atom. The van der Waals surface area contributed by atoms with Crippen molar-refractivity contribution in [2.45, 2.75) is 26.2 Å². The van der Waals surface area contributed by atoms with Gasteiger partial charge in [0.1, 0.15) is 12.1 Å². The van der Waals surface area contributed by atoms with Crippen LogP contribution in [0.2, 0.25) is 0 Å². The van der Waals surface area contributed by atoms with Crippen LogP contribution in [0.25, 0.3) is 0 Å². The maximum Gasteiger partial charge on any atom is 0.218 e. The minimum atomic E-state index is 0.661. The summed E-state index contributed by atoms with van der Waals surface area (Å²) >= 11 is 2.06. The third-order valence-electron chi connectivity index (χ3n) is 3.01. The Labute approximate surface area is 113 Å². The lowest BCUT2D eigenvalue weighted by Crippen LogP contribution is -2.19. The molecule has 4 nitrogen and oxygen atoms in total. The Morgan fingerprint density at radius 1 is 1.39 bits per heavy atom. The molecule has 0 bridgehead atoms. The summed E-state index contributed by atoms with van der Waals surface area (Å²) in [6.07, 6.45) is 5.17. The van der Waals surface area contributed by atoms with Crippen molar-refractivity contribution in [1.82, 2.24) is 9.97 Å². The lowest BCUT2D eigenvalue weighted by Gasteiger charge is -2.21. The largest absolute Gasteiger partial charge is 0.478 e. The highest BCUT2D eigenvalue weighted by Crippen LogP contribution is 2.23. The van der Waals surface area contributed by atoms with Gasteiger partial charge in [-0.05, 0) is 36.7 Å². The topological polar surface area (TPSA) is 47.0 Å². The van der Waals surface area contributed by atoms with Crippen molar-refractivity contribution in [2.75, 3.05) is 30.0 Å². The van der Waals surface area contributed by atoms with Gasteiger partial charge in [-0.25, -0.2) is 9.97 Å². The van der Waals surface area contributed by atoms with Crippen LogP contribution in [0.4, 0.5) is 5.82 Å². The number of thioether (sulfide) groups is 1. The summed E-state index contributed by atoms with van der Waals surface area (Å²) in [5.74, 6) is 4.89. The first-order chi connectivity index (χ1) is 8.88. The lowest BCUT2D eigenvalue weighted by molar-refractivity contribution is 0.305. The van der Waals surface area contributed by atoms with E-state index < -0.39 is 0 Å². The highest BCUT2D eigenvalue weighted by atomic mass is 32.2. The third-order valence-corrected chi connectivity index (χ3v) is 4.06. The van der Waals surface area contributed by atoms with Crippen molar-refractivity contribution in [3.63, 3.8) is 0 Å². The molecule has 18 heavy (non-hydrogen) atoms. The van der Waals surface area contributed by atoms with Gasteiger partial charge in [0.2, 0.25) is 5.88 Å². The molecule has 100 valence electrons. The van der Waals surface area contributed by atoms with E-state index in [1.807, 2.05) is 6.07 Å². The molecule has 1 aliphatic heterocycles. The summed E-state index contributed by atoms with van der Waals surface area (Å²) in [6, 6.07) is 1.88. The van der Waals surface area contributed by atoms with E-state index in [9.17, 15) is 0 Å². The van der Waals surface area contributed by atoms with Crippen LogP contribution >= 0.6 is 11.8 Å². The Bertz CT molecular complexity index is 356. The molecule has 1 saturated heterocycles. The SMILES string of the molecule is CCCOc1cc(NCC2CCSCC2)ncn1. The number of nitrogens with zero attached hydrogens (tertiary/aromatic N) is 2. The highest BCUT2D eigenvalue weighted by Gasteiger charge is 2.13. The average molecular weight is 267 g/mol. The molecule has 0 aromatic carbocycles. The summed E-state index contributed by atoms with van der Waals surface area (Å²) in [5.41, 5.74) is 0. The third kappa shape index (κ3) is 4.37. The minimum absolute atomic E-state index is 0.661. The molecule has 1 N–H and O–H groups in total. The van der Waals surface area contributed by atoms with Crippen molar-refractivity contribution in [3.05, 3.63) is 12.4 Å². The first-order valence-corrected chi connectivity index (χ1v) is 7.80. The van der Waals surface area contributed by atoms with Crippen molar-refractivity contribution in [3.8, 4) is 5.88 Å². The van der Waals surface area contributed by atoms with E-state index in [2.05, 4.69) is 34.0 Å². The molecule has 1 fully saturated rings. The zero-order chi connectivity index (χ0) is 12.6. The molecule has 0 unspecified atom stereocenters. The molecule has 0 aliphatic carbocycles. The summed E-state index contributed by atoms with van der Waals surface area (Å²) in [5, 5.41) is 3.39. The van der Waals surface area contributed by atoms with Gasteiger partial charge in [-0.15, -0.1) is 0 Å². The highest BCUT2D eigenvalue weighted by molar-refractivity contribution is 7.99. The summed E-state index contributed by atoms with van der Waals surface area (Å²) in [6.45, 7) is 3.79. The van der Waals surface area contributed by atoms with E-state index in [1.165, 1.54) is 24.3 Å².